The van der Waals surface area contributed by atoms with E-state index in [2.05, 4.69) is 39.9 Å². The number of ether oxygens (including phenoxy) is 2. The average molecular weight is 405 g/mol. The Labute approximate surface area is 171 Å². The van der Waals surface area contributed by atoms with Crippen LogP contribution in [-0.4, -0.2) is 33.3 Å². The highest BCUT2D eigenvalue weighted by molar-refractivity contribution is 6.74. The molecule has 0 saturated carbocycles. The van der Waals surface area contributed by atoms with Crippen LogP contribution in [0.25, 0.3) is 0 Å². The van der Waals surface area contributed by atoms with E-state index in [0.717, 1.165) is 5.56 Å². The van der Waals surface area contributed by atoms with Crippen LogP contribution in [0.2, 0.25) is 18.1 Å². The van der Waals surface area contributed by atoms with E-state index < -0.39 is 20.0 Å². The van der Waals surface area contributed by atoms with Crippen LogP contribution in [0.15, 0.2) is 42.5 Å². The standard InChI is InChI=1S/C23H36O4Si/c1-22(2,3)21(24)27-20-19(17-12-10-9-11-13-17)15-14-18(26-20)16-25-28(7,8)23(4,5)6/h9-15,18-20H,16H2,1-8H3/t18-,19+,20+/m0/s1. The normalized spacial score (nSPS) is 23.5. The molecule has 0 N–H and O–H groups in total. The molecule has 1 aliphatic heterocycles. The molecule has 5 heteroatoms. The minimum atomic E-state index is -1.88. The van der Waals surface area contributed by atoms with Crippen LogP contribution in [0.5, 0.6) is 0 Å². The summed E-state index contributed by atoms with van der Waals surface area (Å²) in [6, 6.07) is 10.0. The van der Waals surface area contributed by atoms with E-state index in [-0.39, 0.29) is 23.0 Å². The van der Waals surface area contributed by atoms with E-state index in [4.69, 9.17) is 13.9 Å². The maximum absolute atomic E-state index is 12.5. The van der Waals surface area contributed by atoms with Gasteiger partial charge in [0.15, 0.2) is 8.32 Å². The second-order valence-corrected chi connectivity index (χ2v) is 14.9. The molecule has 0 amide bonds. The van der Waals surface area contributed by atoms with Crippen molar-refractivity contribution in [2.24, 2.45) is 5.41 Å². The largest absolute Gasteiger partial charge is 0.434 e. The second kappa shape index (κ2) is 8.52. The highest BCUT2D eigenvalue weighted by Gasteiger charge is 2.39. The maximum atomic E-state index is 12.5. The van der Waals surface area contributed by atoms with E-state index in [1.54, 1.807) is 0 Å². The SMILES string of the molecule is CC(C)(C)C(=O)O[C@H]1O[C@H](CO[Si](C)(C)C(C)(C)C)C=C[C@@H]1c1ccccc1. The van der Waals surface area contributed by atoms with Crippen molar-refractivity contribution in [3.63, 3.8) is 0 Å². The second-order valence-electron chi connectivity index (χ2n) is 10.1. The van der Waals surface area contributed by atoms with Gasteiger partial charge in [0.25, 0.3) is 0 Å². The van der Waals surface area contributed by atoms with Gasteiger partial charge < -0.3 is 13.9 Å². The summed E-state index contributed by atoms with van der Waals surface area (Å²) in [6.45, 7) is 17.1. The molecule has 0 aliphatic carbocycles. The number of esters is 1. The lowest BCUT2D eigenvalue weighted by molar-refractivity contribution is -0.201. The molecule has 0 saturated heterocycles. The first-order valence-corrected chi connectivity index (χ1v) is 13.0. The van der Waals surface area contributed by atoms with Crippen LogP contribution < -0.4 is 0 Å². The van der Waals surface area contributed by atoms with Gasteiger partial charge in [-0.25, -0.2) is 0 Å². The number of hydrogen-bond donors (Lipinski definition) is 0. The average Bonchev–Trinajstić information content (AvgIpc) is 2.59. The van der Waals surface area contributed by atoms with Crippen molar-refractivity contribution >= 4 is 14.3 Å². The summed E-state index contributed by atoms with van der Waals surface area (Å²) in [5.41, 5.74) is 0.480. The summed E-state index contributed by atoms with van der Waals surface area (Å²) in [6.07, 6.45) is 3.23. The lowest BCUT2D eigenvalue weighted by Gasteiger charge is -2.38. The van der Waals surface area contributed by atoms with E-state index in [1.807, 2.05) is 57.2 Å². The minimum absolute atomic E-state index is 0.128. The first kappa shape index (κ1) is 22.9. The first-order chi connectivity index (χ1) is 12.8. The van der Waals surface area contributed by atoms with Crippen molar-refractivity contribution in [1.82, 2.24) is 0 Å². The summed E-state index contributed by atoms with van der Waals surface area (Å²) in [5, 5.41) is 0.135. The van der Waals surface area contributed by atoms with E-state index in [1.165, 1.54) is 0 Å². The summed E-state index contributed by atoms with van der Waals surface area (Å²) in [5.74, 6) is -0.394. The van der Waals surface area contributed by atoms with Crippen molar-refractivity contribution in [1.29, 1.82) is 0 Å². The molecule has 28 heavy (non-hydrogen) atoms. The summed E-state index contributed by atoms with van der Waals surface area (Å²) < 4.78 is 18.3. The zero-order valence-corrected chi connectivity index (χ0v) is 19.6. The summed E-state index contributed by atoms with van der Waals surface area (Å²) in [4.78, 5) is 12.5. The minimum Gasteiger partial charge on any atom is -0.434 e. The van der Waals surface area contributed by atoms with Crippen LogP contribution >= 0.6 is 0 Å². The fourth-order valence-corrected chi connectivity index (χ4v) is 3.58. The molecule has 4 nitrogen and oxygen atoms in total. The molecule has 0 unspecified atom stereocenters. The highest BCUT2D eigenvalue weighted by atomic mass is 28.4. The highest BCUT2D eigenvalue weighted by Crippen LogP contribution is 2.37. The zero-order valence-electron chi connectivity index (χ0n) is 18.6. The van der Waals surface area contributed by atoms with Gasteiger partial charge in [-0.3, -0.25) is 4.79 Å². The predicted octanol–water partition coefficient (Wildman–Crippen LogP) is 5.66. The number of carbonyl (C=O) groups is 1. The number of benzene rings is 1. The van der Waals surface area contributed by atoms with E-state index in [9.17, 15) is 4.79 Å². The Kier molecular flexibility index (Phi) is 6.95. The monoisotopic (exact) mass is 404 g/mol. The fourth-order valence-electron chi connectivity index (χ4n) is 2.57. The maximum Gasteiger partial charge on any atom is 0.313 e. The molecule has 0 fully saturated rings. The van der Waals surface area contributed by atoms with Gasteiger partial charge in [0.1, 0.15) is 6.10 Å². The molecule has 0 bridgehead atoms. The van der Waals surface area contributed by atoms with Gasteiger partial charge in [-0.2, -0.15) is 0 Å². The number of rotatable bonds is 5. The van der Waals surface area contributed by atoms with Crippen molar-refractivity contribution in [3.8, 4) is 0 Å². The van der Waals surface area contributed by atoms with Gasteiger partial charge >= 0.3 is 5.97 Å². The quantitative estimate of drug-likeness (QED) is 0.361. The van der Waals surface area contributed by atoms with Crippen molar-refractivity contribution in [2.45, 2.75) is 78.0 Å². The topological polar surface area (TPSA) is 44.8 Å². The molecule has 0 radical (unpaired) electrons. The molecule has 2 rings (SSSR count). The third kappa shape index (κ3) is 5.78. The Morgan fingerprint density at radius 3 is 2.18 bits per heavy atom. The smallest absolute Gasteiger partial charge is 0.313 e. The van der Waals surface area contributed by atoms with Crippen LogP contribution in [0.1, 0.15) is 53.0 Å². The van der Waals surface area contributed by atoms with Crippen LogP contribution in [0, 0.1) is 5.41 Å². The Morgan fingerprint density at radius 2 is 1.64 bits per heavy atom. The van der Waals surface area contributed by atoms with Crippen molar-refractivity contribution in [3.05, 3.63) is 48.0 Å². The van der Waals surface area contributed by atoms with Gasteiger partial charge in [0.05, 0.1) is 17.9 Å². The molecule has 3 atom stereocenters. The van der Waals surface area contributed by atoms with E-state index in [0.29, 0.717) is 6.61 Å². The molecule has 156 valence electrons. The molecule has 1 aromatic carbocycles. The third-order valence-electron chi connectivity index (χ3n) is 5.57. The Hall–Kier alpha value is -1.43. The summed E-state index contributed by atoms with van der Waals surface area (Å²) >= 11 is 0. The van der Waals surface area contributed by atoms with Gasteiger partial charge in [-0.1, -0.05) is 63.3 Å². The van der Waals surface area contributed by atoms with Gasteiger partial charge in [0, 0.05) is 0 Å². The lowest BCUT2D eigenvalue weighted by atomic mass is 9.94. The van der Waals surface area contributed by atoms with Crippen LogP contribution in [0.4, 0.5) is 0 Å². The first-order valence-electron chi connectivity index (χ1n) is 10.0. The Morgan fingerprint density at radius 1 is 1.04 bits per heavy atom. The Balaban J connectivity index is 2.17. The van der Waals surface area contributed by atoms with Crippen LogP contribution in [-0.2, 0) is 18.7 Å². The summed E-state index contributed by atoms with van der Waals surface area (Å²) in [7, 11) is -1.88. The lowest BCUT2D eigenvalue weighted by Crippen LogP contribution is -2.44. The molecule has 1 aliphatic rings. The Bertz CT molecular complexity index is 683. The zero-order chi connectivity index (χ0) is 21.2. The van der Waals surface area contributed by atoms with Crippen molar-refractivity contribution in [2.75, 3.05) is 6.61 Å². The molecular weight excluding hydrogens is 368 g/mol. The van der Waals surface area contributed by atoms with Gasteiger partial charge in [-0.15, -0.1) is 0 Å². The molecule has 1 aromatic rings. The van der Waals surface area contributed by atoms with Gasteiger partial charge in [-0.05, 0) is 44.5 Å². The van der Waals surface area contributed by atoms with Crippen molar-refractivity contribution < 1.29 is 18.7 Å². The molecular formula is C23H36O4Si. The molecule has 1 heterocycles. The number of carbonyl (C=O) groups excluding carboxylic acids is 1. The van der Waals surface area contributed by atoms with E-state index >= 15 is 0 Å². The van der Waals surface area contributed by atoms with Crippen LogP contribution in [0.3, 0.4) is 0 Å². The molecule has 0 spiro atoms. The number of hydrogen-bond acceptors (Lipinski definition) is 4. The third-order valence-corrected chi connectivity index (χ3v) is 10.1. The fraction of sp³-hybridized carbons (Fsp3) is 0.609. The van der Waals surface area contributed by atoms with Gasteiger partial charge in [0.2, 0.25) is 6.29 Å². The molecule has 0 aromatic heterocycles. The predicted molar refractivity (Wildman–Crippen MR) is 116 cm³/mol.